The van der Waals surface area contributed by atoms with Crippen LogP contribution in [0.4, 0.5) is 5.69 Å². The van der Waals surface area contributed by atoms with Crippen LogP contribution < -0.4 is 10.6 Å². The average molecular weight is 257 g/mol. The molecule has 19 heavy (non-hydrogen) atoms. The fourth-order valence-electron chi connectivity index (χ4n) is 2.60. The molecule has 0 fully saturated rings. The lowest BCUT2D eigenvalue weighted by Crippen LogP contribution is -2.33. The highest BCUT2D eigenvalue weighted by Crippen LogP contribution is 2.23. The van der Waals surface area contributed by atoms with Gasteiger partial charge in [0.05, 0.1) is 6.54 Å². The number of nitrogens with two attached hydrogens (primary N) is 1. The number of fused-ring (bicyclic) bond motifs is 1. The second-order valence-corrected chi connectivity index (χ2v) is 5.01. The molecule has 0 bridgehead atoms. The van der Waals surface area contributed by atoms with E-state index in [1.165, 1.54) is 16.8 Å². The fraction of sp³-hybridized carbons (Fsp3) is 0.429. The van der Waals surface area contributed by atoms with Gasteiger partial charge in [-0.05, 0) is 43.1 Å². The lowest BCUT2D eigenvalue weighted by molar-refractivity contribution is 0.560. The van der Waals surface area contributed by atoms with E-state index in [1.807, 2.05) is 6.33 Å². The maximum Gasteiger partial charge on any atom is 0.152 e. The molecular formula is C14H19N5. The van der Waals surface area contributed by atoms with Crippen molar-refractivity contribution in [2.24, 2.45) is 5.73 Å². The minimum absolute atomic E-state index is 0.701. The summed E-state index contributed by atoms with van der Waals surface area (Å²) in [7, 11) is 0. The standard InChI is InChI=1S/C14H19N5/c1-11-8-13(3-2-12(11)4-5-15)18-6-7-19-10-16-17-14(19)9-18/h2-3,8,10H,4-7,9,15H2,1H3. The number of anilines is 1. The number of benzene rings is 1. The molecule has 100 valence electrons. The van der Waals surface area contributed by atoms with Gasteiger partial charge in [-0.1, -0.05) is 6.07 Å². The zero-order valence-electron chi connectivity index (χ0n) is 11.2. The number of aromatic nitrogens is 3. The van der Waals surface area contributed by atoms with Gasteiger partial charge in [0.15, 0.2) is 5.82 Å². The first kappa shape index (κ1) is 12.2. The van der Waals surface area contributed by atoms with Crippen LogP contribution in [0.25, 0.3) is 0 Å². The van der Waals surface area contributed by atoms with Crippen LogP contribution in [0.5, 0.6) is 0 Å². The van der Waals surface area contributed by atoms with Gasteiger partial charge in [-0.25, -0.2) is 0 Å². The number of rotatable bonds is 3. The normalized spacial score (nSPS) is 14.5. The Balaban J connectivity index is 1.82. The summed E-state index contributed by atoms with van der Waals surface area (Å²) in [4.78, 5) is 2.35. The predicted octanol–water partition coefficient (Wildman–Crippen LogP) is 1.11. The average Bonchev–Trinajstić information content (AvgIpc) is 2.88. The zero-order chi connectivity index (χ0) is 13.2. The molecule has 0 radical (unpaired) electrons. The Hall–Kier alpha value is -1.88. The van der Waals surface area contributed by atoms with Crippen LogP contribution >= 0.6 is 0 Å². The van der Waals surface area contributed by atoms with Gasteiger partial charge < -0.3 is 15.2 Å². The lowest BCUT2D eigenvalue weighted by Gasteiger charge is -2.29. The quantitative estimate of drug-likeness (QED) is 0.894. The molecule has 1 aromatic heterocycles. The van der Waals surface area contributed by atoms with E-state index in [2.05, 4.69) is 44.8 Å². The van der Waals surface area contributed by atoms with E-state index in [0.29, 0.717) is 6.54 Å². The van der Waals surface area contributed by atoms with Gasteiger partial charge in [-0.15, -0.1) is 10.2 Å². The molecule has 1 aliphatic rings. The van der Waals surface area contributed by atoms with Crippen molar-refractivity contribution >= 4 is 5.69 Å². The molecular weight excluding hydrogens is 238 g/mol. The maximum absolute atomic E-state index is 5.62. The number of hydrogen-bond acceptors (Lipinski definition) is 4. The van der Waals surface area contributed by atoms with Crippen molar-refractivity contribution in [1.82, 2.24) is 14.8 Å². The predicted molar refractivity (Wildman–Crippen MR) is 75.0 cm³/mol. The van der Waals surface area contributed by atoms with Gasteiger partial charge >= 0.3 is 0 Å². The number of aryl methyl sites for hydroxylation is 1. The zero-order valence-corrected chi connectivity index (χ0v) is 11.2. The second kappa shape index (κ2) is 5.01. The summed E-state index contributed by atoms with van der Waals surface area (Å²) in [5, 5.41) is 8.12. The largest absolute Gasteiger partial charge is 0.362 e. The summed E-state index contributed by atoms with van der Waals surface area (Å²) >= 11 is 0. The summed E-state index contributed by atoms with van der Waals surface area (Å²) < 4.78 is 2.12. The second-order valence-electron chi connectivity index (χ2n) is 5.01. The molecule has 0 amide bonds. The Bertz CT molecular complexity index is 575. The van der Waals surface area contributed by atoms with Crippen LogP contribution in [0.2, 0.25) is 0 Å². The van der Waals surface area contributed by atoms with Crippen LogP contribution in [0.15, 0.2) is 24.5 Å². The highest BCUT2D eigenvalue weighted by Gasteiger charge is 2.17. The topological polar surface area (TPSA) is 60.0 Å². The fourth-order valence-corrected chi connectivity index (χ4v) is 2.60. The van der Waals surface area contributed by atoms with E-state index in [9.17, 15) is 0 Å². The summed E-state index contributed by atoms with van der Waals surface area (Å²) in [5.41, 5.74) is 9.53. The summed E-state index contributed by atoms with van der Waals surface area (Å²) in [6.07, 6.45) is 2.75. The van der Waals surface area contributed by atoms with E-state index < -0.39 is 0 Å². The molecule has 0 aliphatic carbocycles. The summed E-state index contributed by atoms with van der Waals surface area (Å²) in [5.74, 6) is 1.04. The first-order valence-electron chi connectivity index (χ1n) is 6.69. The third-order valence-electron chi connectivity index (χ3n) is 3.74. The van der Waals surface area contributed by atoms with Crippen LogP contribution in [0, 0.1) is 6.92 Å². The lowest BCUT2D eigenvalue weighted by atomic mass is 10.0. The van der Waals surface area contributed by atoms with Gasteiger partial charge in [0.2, 0.25) is 0 Å². The molecule has 0 unspecified atom stereocenters. The molecule has 0 spiro atoms. The summed E-state index contributed by atoms with van der Waals surface area (Å²) in [6.45, 7) is 5.64. The molecule has 3 rings (SSSR count). The van der Waals surface area contributed by atoms with Gasteiger partial charge in [-0.3, -0.25) is 0 Å². The van der Waals surface area contributed by atoms with Gasteiger partial charge in [-0.2, -0.15) is 0 Å². The molecule has 2 heterocycles. The number of nitrogens with zero attached hydrogens (tertiary/aromatic N) is 4. The third kappa shape index (κ3) is 2.33. The van der Waals surface area contributed by atoms with Crippen molar-refractivity contribution in [3.8, 4) is 0 Å². The molecule has 2 N–H and O–H groups in total. The monoisotopic (exact) mass is 257 g/mol. The smallest absolute Gasteiger partial charge is 0.152 e. The van der Waals surface area contributed by atoms with Crippen molar-refractivity contribution < 1.29 is 0 Å². The first-order valence-corrected chi connectivity index (χ1v) is 6.69. The maximum atomic E-state index is 5.62. The van der Waals surface area contributed by atoms with Crippen molar-refractivity contribution in [2.75, 3.05) is 18.0 Å². The Labute approximate surface area is 113 Å². The Morgan fingerprint density at radius 2 is 2.21 bits per heavy atom. The molecule has 2 aromatic rings. The molecule has 5 nitrogen and oxygen atoms in total. The van der Waals surface area contributed by atoms with E-state index in [-0.39, 0.29) is 0 Å². The van der Waals surface area contributed by atoms with E-state index in [4.69, 9.17) is 5.73 Å². The molecule has 1 aliphatic heterocycles. The molecule has 0 saturated heterocycles. The Morgan fingerprint density at radius 3 is 3.00 bits per heavy atom. The summed E-state index contributed by atoms with van der Waals surface area (Å²) in [6, 6.07) is 6.62. The SMILES string of the molecule is Cc1cc(N2CCn3cnnc3C2)ccc1CCN. The van der Waals surface area contributed by atoms with Crippen molar-refractivity contribution in [3.05, 3.63) is 41.5 Å². The highest BCUT2D eigenvalue weighted by atomic mass is 15.3. The van der Waals surface area contributed by atoms with Crippen LogP contribution in [0.1, 0.15) is 17.0 Å². The van der Waals surface area contributed by atoms with Gasteiger partial charge in [0.25, 0.3) is 0 Å². The van der Waals surface area contributed by atoms with E-state index in [0.717, 1.165) is 31.9 Å². The number of hydrogen-bond donors (Lipinski definition) is 1. The molecule has 0 atom stereocenters. The molecule has 1 aromatic carbocycles. The highest BCUT2D eigenvalue weighted by molar-refractivity contribution is 5.51. The minimum Gasteiger partial charge on any atom is -0.362 e. The van der Waals surface area contributed by atoms with E-state index in [1.54, 1.807) is 0 Å². The van der Waals surface area contributed by atoms with Crippen LogP contribution in [-0.2, 0) is 19.5 Å². The third-order valence-corrected chi connectivity index (χ3v) is 3.74. The van der Waals surface area contributed by atoms with Crippen molar-refractivity contribution in [1.29, 1.82) is 0 Å². The molecule has 0 saturated carbocycles. The Kier molecular flexibility index (Phi) is 3.21. The van der Waals surface area contributed by atoms with Crippen molar-refractivity contribution in [3.63, 3.8) is 0 Å². The Morgan fingerprint density at radius 1 is 1.32 bits per heavy atom. The van der Waals surface area contributed by atoms with E-state index >= 15 is 0 Å². The first-order chi connectivity index (χ1) is 9.28. The van der Waals surface area contributed by atoms with Crippen LogP contribution in [0.3, 0.4) is 0 Å². The van der Waals surface area contributed by atoms with Gasteiger partial charge in [0.1, 0.15) is 6.33 Å². The van der Waals surface area contributed by atoms with Crippen molar-refractivity contribution in [2.45, 2.75) is 26.4 Å². The van der Waals surface area contributed by atoms with Crippen LogP contribution in [-0.4, -0.2) is 27.9 Å². The minimum atomic E-state index is 0.701. The molecule has 5 heteroatoms. The van der Waals surface area contributed by atoms with Gasteiger partial charge in [0, 0.05) is 18.8 Å².